The number of para-hydroxylation sites is 1. The van der Waals surface area contributed by atoms with E-state index in [4.69, 9.17) is 4.74 Å². The minimum Gasteiger partial charge on any atom is -0.460 e. The maximum absolute atomic E-state index is 13.0. The summed E-state index contributed by atoms with van der Waals surface area (Å²) in [6.45, 7) is 9.70. The summed E-state index contributed by atoms with van der Waals surface area (Å²) in [6.07, 6.45) is 0. The van der Waals surface area contributed by atoms with Gasteiger partial charge < -0.3 is 10.1 Å². The summed E-state index contributed by atoms with van der Waals surface area (Å²) in [5.41, 5.74) is -0.475. The molecule has 3 rings (SSSR count). The molecule has 0 spiro atoms. The van der Waals surface area contributed by atoms with Crippen molar-refractivity contribution in [3.05, 3.63) is 24.3 Å². The van der Waals surface area contributed by atoms with Crippen molar-refractivity contribution in [2.45, 2.75) is 50.1 Å². The lowest BCUT2D eigenvalue weighted by molar-refractivity contribution is -0.162. The van der Waals surface area contributed by atoms with Gasteiger partial charge in [-0.2, -0.15) is 0 Å². The Hall–Kier alpha value is -1.51. The Kier molecular flexibility index (Phi) is 5.12. The standard InChI is InChI=1S/C19H26N2O4S2/c1-18(2,3)25-16(22)15-12(10-20-19(15,4)5)11-27(23,24)17-21-13-8-6-7-9-14(13)26-17/h6-9,12,15,20H,10-11H2,1-5H3/t12?,15-/m0/s1. The van der Waals surface area contributed by atoms with Crippen molar-refractivity contribution in [3.8, 4) is 0 Å². The van der Waals surface area contributed by atoms with E-state index < -0.39 is 26.9 Å². The zero-order valence-electron chi connectivity index (χ0n) is 16.3. The summed E-state index contributed by atoms with van der Waals surface area (Å²) >= 11 is 1.17. The van der Waals surface area contributed by atoms with Gasteiger partial charge >= 0.3 is 5.97 Å². The van der Waals surface area contributed by atoms with E-state index >= 15 is 0 Å². The van der Waals surface area contributed by atoms with E-state index in [2.05, 4.69) is 10.3 Å². The van der Waals surface area contributed by atoms with Crippen LogP contribution in [0.25, 0.3) is 10.2 Å². The van der Waals surface area contributed by atoms with E-state index in [1.165, 1.54) is 11.3 Å². The average Bonchev–Trinajstić information content (AvgIpc) is 3.06. The SMILES string of the molecule is CC(C)(C)OC(=O)[C@@H]1C(CS(=O)(=O)c2nc3ccccc3s2)CNC1(C)C. The molecule has 1 fully saturated rings. The molecule has 1 saturated heterocycles. The lowest BCUT2D eigenvalue weighted by atomic mass is 9.83. The van der Waals surface area contributed by atoms with E-state index in [0.717, 1.165) is 4.70 Å². The van der Waals surface area contributed by atoms with Gasteiger partial charge in [-0.1, -0.05) is 12.1 Å². The van der Waals surface area contributed by atoms with Crippen LogP contribution in [-0.4, -0.2) is 42.8 Å². The van der Waals surface area contributed by atoms with Crippen LogP contribution in [0.15, 0.2) is 28.6 Å². The normalized spacial score (nSPS) is 22.9. The molecule has 0 saturated carbocycles. The third-order valence-corrected chi connectivity index (χ3v) is 8.04. The van der Waals surface area contributed by atoms with E-state index in [0.29, 0.717) is 12.1 Å². The monoisotopic (exact) mass is 410 g/mol. The molecule has 2 aromatic rings. The van der Waals surface area contributed by atoms with Gasteiger partial charge in [0.1, 0.15) is 5.60 Å². The molecule has 1 unspecified atom stereocenters. The van der Waals surface area contributed by atoms with E-state index in [-0.39, 0.29) is 22.0 Å². The van der Waals surface area contributed by atoms with Crippen molar-refractivity contribution in [2.75, 3.05) is 12.3 Å². The van der Waals surface area contributed by atoms with Crippen LogP contribution in [0, 0.1) is 11.8 Å². The smallest absolute Gasteiger partial charge is 0.311 e. The number of esters is 1. The first-order valence-corrected chi connectivity index (χ1v) is 11.4. The molecule has 8 heteroatoms. The molecule has 0 amide bonds. The first kappa shape index (κ1) is 20.2. The molecular formula is C19H26N2O4S2. The predicted molar refractivity (Wildman–Crippen MR) is 107 cm³/mol. The van der Waals surface area contributed by atoms with Crippen LogP contribution in [0.1, 0.15) is 34.6 Å². The fraction of sp³-hybridized carbons (Fsp3) is 0.579. The van der Waals surface area contributed by atoms with Gasteiger partial charge in [-0.25, -0.2) is 13.4 Å². The van der Waals surface area contributed by atoms with Crippen LogP contribution in [0.2, 0.25) is 0 Å². The molecule has 1 aromatic heterocycles. The fourth-order valence-electron chi connectivity index (χ4n) is 3.56. The zero-order valence-corrected chi connectivity index (χ0v) is 17.9. The second-order valence-corrected chi connectivity index (χ2v) is 11.8. The molecule has 148 valence electrons. The minimum atomic E-state index is -3.61. The van der Waals surface area contributed by atoms with Gasteiger partial charge in [-0.05, 0) is 46.8 Å². The number of fused-ring (bicyclic) bond motifs is 1. The topological polar surface area (TPSA) is 85.4 Å². The molecule has 1 aliphatic heterocycles. The highest BCUT2D eigenvalue weighted by Crippen LogP contribution is 2.36. The molecule has 27 heavy (non-hydrogen) atoms. The molecular weight excluding hydrogens is 384 g/mol. The number of rotatable bonds is 4. The maximum Gasteiger partial charge on any atom is 0.311 e. The lowest BCUT2D eigenvalue weighted by Gasteiger charge is -2.31. The Balaban J connectivity index is 1.86. The summed E-state index contributed by atoms with van der Waals surface area (Å²) in [5, 5.41) is 3.28. The quantitative estimate of drug-likeness (QED) is 0.780. The number of carbonyl (C=O) groups excluding carboxylic acids is 1. The van der Waals surface area contributed by atoms with Gasteiger partial charge in [-0.15, -0.1) is 11.3 Å². The fourth-order valence-corrected chi connectivity index (χ4v) is 6.49. The molecule has 1 aliphatic rings. The van der Waals surface area contributed by atoms with Crippen LogP contribution >= 0.6 is 11.3 Å². The second kappa shape index (κ2) is 6.83. The molecule has 1 aromatic carbocycles. The highest BCUT2D eigenvalue weighted by Gasteiger charge is 2.49. The van der Waals surface area contributed by atoms with Crippen molar-refractivity contribution >= 4 is 37.4 Å². The van der Waals surface area contributed by atoms with Crippen LogP contribution < -0.4 is 5.32 Å². The number of aromatic nitrogens is 1. The molecule has 0 radical (unpaired) electrons. The molecule has 1 N–H and O–H groups in total. The summed E-state index contributed by atoms with van der Waals surface area (Å²) in [5.74, 6) is -1.40. The number of hydrogen-bond acceptors (Lipinski definition) is 7. The Morgan fingerprint density at radius 3 is 2.63 bits per heavy atom. The van der Waals surface area contributed by atoms with Crippen molar-refractivity contribution in [3.63, 3.8) is 0 Å². The van der Waals surface area contributed by atoms with E-state index in [1.54, 1.807) is 6.07 Å². The van der Waals surface area contributed by atoms with Gasteiger partial charge in [0.05, 0.1) is 21.9 Å². The minimum absolute atomic E-state index is 0.108. The summed E-state index contributed by atoms with van der Waals surface area (Å²) in [4.78, 5) is 17.1. The van der Waals surface area contributed by atoms with Crippen LogP contribution in [0.4, 0.5) is 0 Å². The lowest BCUT2D eigenvalue weighted by Crippen LogP contribution is -2.45. The van der Waals surface area contributed by atoms with Crippen molar-refractivity contribution < 1.29 is 17.9 Å². The van der Waals surface area contributed by atoms with Gasteiger partial charge in [0.15, 0.2) is 0 Å². The number of benzene rings is 1. The number of thiazole rings is 1. The van der Waals surface area contributed by atoms with Gasteiger partial charge in [0.25, 0.3) is 0 Å². The third-order valence-electron chi connectivity index (χ3n) is 4.70. The number of nitrogens with one attached hydrogen (secondary N) is 1. The summed E-state index contributed by atoms with van der Waals surface area (Å²) < 4.78 is 32.5. The van der Waals surface area contributed by atoms with Gasteiger partial charge in [0, 0.05) is 18.0 Å². The highest BCUT2D eigenvalue weighted by molar-refractivity contribution is 7.93. The van der Waals surface area contributed by atoms with Crippen molar-refractivity contribution in [1.29, 1.82) is 0 Å². The van der Waals surface area contributed by atoms with Gasteiger partial charge in [0.2, 0.25) is 14.2 Å². The summed E-state index contributed by atoms with van der Waals surface area (Å²) in [6, 6.07) is 7.35. The number of nitrogens with zero attached hydrogens (tertiary/aromatic N) is 1. The third kappa shape index (κ3) is 4.33. The predicted octanol–water partition coefficient (Wildman–Crippen LogP) is 3.03. The highest BCUT2D eigenvalue weighted by atomic mass is 32.2. The average molecular weight is 411 g/mol. The molecule has 6 nitrogen and oxygen atoms in total. The molecule has 0 aliphatic carbocycles. The first-order chi connectivity index (χ1) is 12.4. The zero-order chi connectivity index (χ0) is 20.0. The van der Waals surface area contributed by atoms with Crippen LogP contribution in [0.3, 0.4) is 0 Å². The Labute approximate surface area is 164 Å². The van der Waals surface area contributed by atoms with Crippen LogP contribution in [-0.2, 0) is 19.4 Å². The number of carbonyl (C=O) groups is 1. The number of sulfone groups is 1. The molecule has 2 heterocycles. The number of hydrogen-bond donors (Lipinski definition) is 1. The van der Waals surface area contributed by atoms with Gasteiger partial charge in [-0.3, -0.25) is 4.79 Å². The summed E-state index contributed by atoms with van der Waals surface area (Å²) in [7, 11) is -3.61. The first-order valence-electron chi connectivity index (χ1n) is 8.95. The second-order valence-electron chi connectivity index (χ2n) is 8.60. The Bertz CT molecular complexity index is 924. The largest absolute Gasteiger partial charge is 0.460 e. The van der Waals surface area contributed by atoms with Crippen molar-refractivity contribution in [1.82, 2.24) is 10.3 Å². The van der Waals surface area contributed by atoms with E-state index in [1.807, 2.05) is 52.8 Å². The molecule has 2 atom stereocenters. The number of ether oxygens (including phenoxy) is 1. The maximum atomic E-state index is 13.0. The Morgan fingerprint density at radius 1 is 1.33 bits per heavy atom. The Morgan fingerprint density at radius 2 is 2.00 bits per heavy atom. The molecule has 0 bridgehead atoms. The van der Waals surface area contributed by atoms with Crippen LogP contribution in [0.5, 0.6) is 0 Å². The van der Waals surface area contributed by atoms with Crippen molar-refractivity contribution in [2.24, 2.45) is 11.8 Å². The van der Waals surface area contributed by atoms with E-state index in [9.17, 15) is 13.2 Å².